The number of hydrogen-bond donors (Lipinski definition) is 1. The molecule has 0 unspecified atom stereocenters. The van der Waals surface area contributed by atoms with Crippen LogP contribution in [0.1, 0.15) is 23.3 Å². The first-order valence-electron chi connectivity index (χ1n) is 8.43. The van der Waals surface area contributed by atoms with Gasteiger partial charge in [-0.15, -0.1) is 0 Å². The van der Waals surface area contributed by atoms with E-state index in [1.807, 2.05) is 17.8 Å². The number of aryl methyl sites for hydroxylation is 2. The number of carbonyl (C=O) groups excluding carboxylic acids is 1. The Bertz CT molecular complexity index is 905. The number of nitrogens with zero attached hydrogens (tertiary/aromatic N) is 6. The standard InChI is InChI=1S/C17H21N7O/c1-22-7-5-13-15(22)18-11-19-16(13)24-9-3-12(4-10-24)20-17(25)14-6-8-23(2)21-14/h5-8,11-12H,3-4,9-10H2,1-2H3,(H,20,25). The summed E-state index contributed by atoms with van der Waals surface area (Å²) in [6.07, 6.45) is 7.17. The number of hydrogen-bond acceptors (Lipinski definition) is 5. The maximum absolute atomic E-state index is 12.2. The van der Waals surface area contributed by atoms with Gasteiger partial charge in [-0.25, -0.2) is 9.97 Å². The molecule has 1 fully saturated rings. The fourth-order valence-electron chi connectivity index (χ4n) is 3.35. The predicted octanol–water partition coefficient (Wildman–Crippen LogP) is 1.10. The van der Waals surface area contributed by atoms with E-state index in [-0.39, 0.29) is 11.9 Å². The lowest BCUT2D eigenvalue weighted by molar-refractivity contribution is 0.0925. The molecule has 4 rings (SSSR count). The summed E-state index contributed by atoms with van der Waals surface area (Å²) in [4.78, 5) is 23.3. The number of amides is 1. The summed E-state index contributed by atoms with van der Waals surface area (Å²) in [6.45, 7) is 1.71. The van der Waals surface area contributed by atoms with E-state index in [1.54, 1.807) is 30.3 Å². The van der Waals surface area contributed by atoms with E-state index in [0.717, 1.165) is 42.8 Å². The lowest BCUT2D eigenvalue weighted by Crippen LogP contribution is -2.45. The van der Waals surface area contributed by atoms with E-state index in [0.29, 0.717) is 5.69 Å². The highest BCUT2D eigenvalue weighted by Crippen LogP contribution is 2.26. The molecule has 0 radical (unpaired) electrons. The Morgan fingerprint density at radius 1 is 1.16 bits per heavy atom. The molecule has 1 amide bonds. The Balaban J connectivity index is 1.42. The number of piperidine rings is 1. The van der Waals surface area contributed by atoms with E-state index in [1.165, 1.54) is 0 Å². The lowest BCUT2D eigenvalue weighted by atomic mass is 10.0. The van der Waals surface area contributed by atoms with Gasteiger partial charge < -0.3 is 14.8 Å². The highest BCUT2D eigenvalue weighted by Gasteiger charge is 2.24. The highest BCUT2D eigenvalue weighted by molar-refractivity contribution is 5.92. The number of rotatable bonds is 3. The molecule has 0 spiro atoms. The molecular weight excluding hydrogens is 318 g/mol. The van der Waals surface area contributed by atoms with Crippen LogP contribution in [0, 0.1) is 0 Å². The first-order chi connectivity index (χ1) is 12.1. The number of anilines is 1. The van der Waals surface area contributed by atoms with E-state index in [2.05, 4.69) is 31.3 Å². The molecule has 3 aromatic heterocycles. The number of fused-ring (bicyclic) bond motifs is 1. The Morgan fingerprint density at radius 2 is 1.96 bits per heavy atom. The third-order valence-electron chi connectivity index (χ3n) is 4.72. The normalized spacial score (nSPS) is 15.7. The van der Waals surface area contributed by atoms with Crippen molar-refractivity contribution in [2.45, 2.75) is 18.9 Å². The highest BCUT2D eigenvalue weighted by atomic mass is 16.2. The van der Waals surface area contributed by atoms with Crippen LogP contribution in [0.5, 0.6) is 0 Å². The zero-order chi connectivity index (χ0) is 17.4. The van der Waals surface area contributed by atoms with Crippen molar-refractivity contribution in [1.29, 1.82) is 0 Å². The summed E-state index contributed by atoms with van der Waals surface area (Å²) in [5.41, 5.74) is 1.40. The van der Waals surface area contributed by atoms with Crippen LogP contribution in [0.25, 0.3) is 11.0 Å². The molecular formula is C17H21N7O. The van der Waals surface area contributed by atoms with E-state index >= 15 is 0 Å². The van der Waals surface area contributed by atoms with Gasteiger partial charge in [-0.05, 0) is 25.0 Å². The van der Waals surface area contributed by atoms with Gasteiger partial charge in [0.1, 0.15) is 23.5 Å². The summed E-state index contributed by atoms with van der Waals surface area (Å²) < 4.78 is 3.64. The smallest absolute Gasteiger partial charge is 0.271 e. The minimum absolute atomic E-state index is 0.105. The monoisotopic (exact) mass is 339 g/mol. The van der Waals surface area contributed by atoms with Crippen molar-refractivity contribution in [1.82, 2.24) is 29.6 Å². The fraction of sp³-hybridized carbons (Fsp3) is 0.412. The van der Waals surface area contributed by atoms with E-state index in [9.17, 15) is 4.79 Å². The molecule has 3 aromatic rings. The van der Waals surface area contributed by atoms with Crippen LogP contribution in [-0.4, -0.2) is 49.4 Å². The topological polar surface area (TPSA) is 80.9 Å². The second kappa shape index (κ2) is 6.19. The molecule has 0 aromatic carbocycles. The third kappa shape index (κ3) is 2.95. The minimum Gasteiger partial charge on any atom is -0.356 e. The molecule has 8 heteroatoms. The Kier molecular flexibility index (Phi) is 3.87. The molecule has 4 heterocycles. The number of nitrogens with one attached hydrogen (secondary N) is 1. The molecule has 1 N–H and O–H groups in total. The zero-order valence-corrected chi connectivity index (χ0v) is 14.4. The van der Waals surface area contributed by atoms with Gasteiger partial charge in [-0.2, -0.15) is 5.10 Å². The van der Waals surface area contributed by atoms with Crippen molar-refractivity contribution in [3.63, 3.8) is 0 Å². The van der Waals surface area contributed by atoms with Crippen molar-refractivity contribution in [3.8, 4) is 0 Å². The molecule has 1 saturated heterocycles. The maximum Gasteiger partial charge on any atom is 0.271 e. The molecule has 1 aliphatic rings. The molecule has 0 saturated carbocycles. The van der Waals surface area contributed by atoms with Crippen molar-refractivity contribution >= 4 is 22.8 Å². The van der Waals surface area contributed by atoms with Crippen molar-refractivity contribution in [2.75, 3.05) is 18.0 Å². The maximum atomic E-state index is 12.2. The Labute approximate surface area is 145 Å². The van der Waals surface area contributed by atoms with Gasteiger partial charge in [0.25, 0.3) is 5.91 Å². The first-order valence-corrected chi connectivity index (χ1v) is 8.43. The average Bonchev–Trinajstić information content (AvgIpc) is 3.22. The van der Waals surface area contributed by atoms with Gasteiger partial charge in [0.05, 0.1) is 5.39 Å². The van der Waals surface area contributed by atoms with Gasteiger partial charge in [0.2, 0.25) is 0 Å². The molecule has 0 bridgehead atoms. The number of aromatic nitrogens is 5. The second-order valence-electron chi connectivity index (χ2n) is 6.47. The van der Waals surface area contributed by atoms with Crippen LogP contribution in [0.4, 0.5) is 5.82 Å². The molecule has 130 valence electrons. The summed E-state index contributed by atoms with van der Waals surface area (Å²) in [6, 6.07) is 3.95. The molecule has 0 aliphatic carbocycles. The number of carbonyl (C=O) groups is 1. The zero-order valence-electron chi connectivity index (χ0n) is 14.4. The second-order valence-corrected chi connectivity index (χ2v) is 6.47. The van der Waals surface area contributed by atoms with Gasteiger partial charge >= 0.3 is 0 Å². The van der Waals surface area contributed by atoms with Crippen LogP contribution in [0.3, 0.4) is 0 Å². The first kappa shape index (κ1) is 15.6. The molecule has 25 heavy (non-hydrogen) atoms. The Morgan fingerprint density at radius 3 is 2.68 bits per heavy atom. The molecule has 8 nitrogen and oxygen atoms in total. The van der Waals surface area contributed by atoms with Crippen LogP contribution >= 0.6 is 0 Å². The van der Waals surface area contributed by atoms with Crippen LogP contribution in [0.15, 0.2) is 30.9 Å². The summed E-state index contributed by atoms with van der Waals surface area (Å²) in [5.74, 6) is 0.867. The Hall–Kier alpha value is -2.90. The molecule has 0 atom stereocenters. The summed E-state index contributed by atoms with van der Waals surface area (Å²) in [5, 5.41) is 8.30. The SMILES string of the molecule is Cn1ccc(C(=O)NC2CCN(c3ncnc4c3ccn4C)CC2)n1. The minimum atomic E-state index is -0.105. The lowest BCUT2D eigenvalue weighted by Gasteiger charge is -2.33. The fourth-order valence-corrected chi connectivity index (χ4v) is 3.35. The molecule has 1 aliphatic heterocycles. The van der Waals surface area contributed by atoms with Crippen molar-refractivity contribution in [2.24, 2.45) is 14.1 Å². The van der Waals surface area contributed by atoms with Crippen molar-refractivity contribution < 1.29 is 4.79 Å². The summed E-state index contributed by atoms with van der Waals surface area (Å²) >= 11 is 0. The van der Waals surface area contributed by atoms with E-state index in [4.69, 9.17) is 0 Å². The van der Waals surface area contributed by atoms with Crippen molar-refractivity contribution in [3.05, 3.63) is 36.5 Å². The van der Waals surface area contributed by atoms with Crippen LogP contribution in [-0.2, 0) is 14.1 Å². The van der Waals surface area contributed by atoms with Crippen LogP contribution in [0.2, 0.25) is 0 Å². The average molecular weight is 339 g/mol. The van der Waals surface area contributed by atoms with Gasteiger partial charge in [0, 0.05) is 45.6 Å². The summed E-state index contributed by atoms with van der Waals surface area (Å²) in [7, 11) is 3.79. The largest absolute Gasteiger partial charge is 0.356 e. The van der Waals surface area contributed by atoms with Gasteiger partial charge in [-0.3, -0.25) is 9.48 Å². The van der Waals surface area contributed by atoms with Gasteiger partial charge in [-0.1, -0.05) is 0 Å². The van der Waals surface area contributed by atoms with Crippen LogP contribution < -0.4 is 10.2 Å². The predicted molar refractivity (Wildman–Crippen MR) is 94.4 cm³/mol. The third-order valence-corrected chi connectivity index (χ3v) is 4.72. The van der Waals surface area contributed by atoms with Gasteiger partial charge in [0.15, 0.2) is 0 Å². The van der Waals surface area contributed by atoms with E-state index < -0.39 is 0 Å². The quantitative estimate of drug-likeness (QED) is 0.773.